The largest absolute Gasteiger partial charge is 0.494 e. The Balaban J connectivity index is 0.000000360. The van der Waals surface area contributed by atoms with Gasteiger partial charge in [0.05, 0.1) is 12.1 Å². The molecule has 3 aromatic rings. The first-order chi connectivity index (χ1) is 15.2. The van der Waals surface area contributed by atoms with E-state index in [1.807, 2.05) is 24.3 Å². The second kappa shape index (κ2) is 10.3. The Hall–Kier alpha value is -2.71. The van der Waals surface area contributed by atoms with Crippen molar-refractivity contribution in [2.75, 3.05) is 13.2 Å². The summed E-state index contributed by atoms with van der Waals surface area (Å²) in [6.07, 6.45) is -2.99. The molecule has 5 nitrogen and oxygen atoms in total. The monoisotopic (exact) mass is 468 g/mol. The van der Waals surface area contributed by atoms with Crippen molar-refractivity contribution in [1.82, 2.24) is 9.88 Å². The summed E-state index contributed by atoms with van der Waals surface area (Å²) in [5.74, 6) is -1.88. The molecule has 0 saturated heterocycles. The number of alkyl halides is 3. The van der Waals surface area contributed by atoms with E-state index >= 15 is 0 Å². The first-order valence-electron chi connectivity index (χ1n) is 10.2. The van der Waals surface area contributed by atoms with Crippen LogP contribution in [0.4, 0.5) is 13.2 Å². The lowest BCUT2D eigenvalue weighted by Crippen LogP contribution is -2.25. The van der Waals surface area contributed by atoms with Crippen molar-refractivity contribution in [3.05, 3.63) is 64.3 Å². The van der Waals surface area contributed by atoms with Crippen LogP contribution in [0.25, 0.3) is 10.9 Å². The number of hydrogen-bond donors (Lipinski definition) is 2. The van der Waals surface area contributed by atoms with Gasteiger partial charge in [-0.05, 0) is 61.7 Å². The molecule has 32 heavy (non-hydrogen) atoms. The highest BCUT2D eigenvalue weighted by Gasteiger charge is 2.38. The smallest absolute Gasteiger partial charge is 0.490 e. The van der Waals surface area contributed by atoms with Gasteiger partial charge in [0.2, 0.25) is 0 Å². The summed E-state index contributed by atoms with van der Waals surface area (Å²) < 4.78 is 40.1. The van der Waals surface area contributed by atoms with E-state index in [0.717, 1.165) is 43.2 Å². The van der Waals surface area contributed by atoms with Crippen molar-refractivity contribution in [3.63, 3.8) is 0 Å². The molecule has 0 saturated carbocycles. The average Bonchev–Trinajstić information content (AvgIpc) is 3.07. The summed E-state index contributed by atoms with van der Waals surface area (Å²) in [5, 5.41) is 12.8. The number of ether oxygens (including phenoxy) is 1. The Bertz CT molecular complexity index is 1080. The number of fused-ring (bicyclic) bond motifs is 3. The van der Waals surface area contributed by atoms with Crippen molar-refractivity contribution in [1.29, 1.82) is 0 Å². The molecule has 172 valence electrons. The molecule has 0 amide bonds. The molecule has 0 aliphatic carbocycles. The standard InChI is InChI=1S/C21H23ClN2O.C2HF3O2/c1-15-4-2-5-19-18-10-11-23-14-20(18)24(21(15)19)12-3-13-25-17-8-6-16(22)7-9-17;3-2(4,5)1(6)7/h2,4-9,23H,3,10-14H2,1H3;(H,6,7). The van der Waals surface area contributed by atoms with Gasteiger partial charge in [-0.2, -0.15) is 13.2 Å². The number of halogens is 4. The molecule has 4 rings (SSSR count). The molecule has 1 aromatic heterocycles. The van der Waals surface area contributed by atoms with Crippen LogP contribution in [-0.4, -0.2) is 35.0 Å². The van der Waals surface area contributed by atoms with Crippen LogP contribution in [0.5, 0.6) is 5.75 Å². The van der Waals surface area contributed by atoms with Gasteiger partial charge in [0.25, 0.3) is 0 Å². The van der Waals surface area contributed by atoms with Crippen LogP contribution < -0.4 is 10.1 Å². The molecule has 1 aliphatic rings. The van der Waals surface area contributed by atoms with Gasteiger partial charge in [0.1, 0.15) is 5.75 Å². The number of aromatic nitrogens is 1. The Morgan fingerprint density at radius 2 is 1.91 bits per heavy atom. The number of carboxylic acid groups (broad SMARTS) is 1. The quantitative estimate of drug-likeness (QED) is 0.495. The van der Waals surface area contributed by atoms with Crippen molar-refractivity contribution in [2.24, 2.45) is 0 Å². The number of carboxylic acids is 1. The Kier molecular flexibility index (Phi) is 7.69. The van der Waals surface area contributed by atoms with Crippen LogP contribution >= 0.6 is 11.6 Å². The van der Waals surface area contributed by atoms with Gasteiger partial charge in [0.15, 0.2) is 0 Å². The van der Waals surface area contributed by atoms with Gasteiger partial charge in [-0.25, -0.2) is 4.79 Å². The zero-order valence-corrected chi connectivity index (χ0v) is 18.3. The predicted octanol–water partition coefficient (Wildman–Crippen LogP) is 5.35. The lowest BCUT2D eigenvalue weighted by molar-refractivity contribution is -0.192. The van der Waals surface area contributed by atoms with Gasteiger partial charge >= 0.3 is 12.1 Å². The minimum absolute atomic E-state index is 0.704. The first-order valence-corrected chi connectivity index (χ1v) is 10.5. The number of nitrogens with one attached hydrogen (secondary N) is 1. The van der Waals surface area contributed by atoms with Crippen molar-refractivity contribution in [3.8, 4) is 5.75 Å². The lowest BCUT2D eigenvalue weighted by Gasteiger charge is -2.17. The van der Waals surface area contributed by atoms with E-state index in [9.17, 15) is 13.2 Å². The van der Waals surface area contributed by atoms with Crippen LogP contribution in [0.15, 0.2) is 42.5 Å². The predicted molar refractivity (Wildman–Crippen MR) is 117 cm³/mol. The summed E-state index contributed by atoms with van der Waals surface area (Å²) >= 11 is 5.91. The molecule has 2 N–H and O–H groups in total. The second-order valence-electron chi connectivity index (χ2n) is 7.43. The molecule has 0 radical (unpaired) electrons. The fraction of sp³-hybridized carbons (Fsp3) is 0.348. The van der Waals surface area contributed by atoms with Crippen molar-refractivity contribution >= 4 is 28.5 Å². The molecular formula is C23H24ClF3N2O3. The Labute approximate surface area is 188 Å². The van der Waals surface area contributed by atoms with E-state index in [1.54, 1.807) is 0 Å². The van der Waals surface area contributed by atoms with E-state index in [4.69, 9.17) is 26.2 Å². The maximum atomic E-state index is 10.6. The fourth-order valence-electron chi connectivity index (χ4n) is 3.81. The molecular weight excluding hydrogens is 445 g/mol. The number of aryl methyl sites for hydroxylation is 2. The van der Waals surface area contributed by atoms with E-state index < -0.39 is 12.1 Å². The van der Waals surface area contributed by atoms with Gasteiger partial charge in [0, 0.05) is 29.2 Å². The Morgan fingerprint density at radius 3 is 2.56 bits per heavy atom. The van der Waals surface area contributed by atoms with Gasteiger partial charge < -0.3 is 19.7 Å². The topological polar surface area (TPSA) is 63.5 Å². The maximum Gasteiger partial charge on any atom is 0.490 e. The van der Waals surface area contributed by atoms with Crippen LogP contribution in [0.2, 0.25) is 5.02 Å². The second-order valence-corrected chi connectivity index (χ2v) is 7.87. The highest BCUT2D eigenvalue weighted by atomic mass is 35.5. The summed E-state index contributed by atoms with van der Waals surface area (Å²) in [6, 6.07) is 14.2. The molecule has 0 spiro atoms. The molecule has 2 aromatic carbocycles. The third-order valence-electron chi connectivity index (χ3n) is 5.20. The maximum absolute atomic E-state index is 10.6. The van der Waals surface area contributed by atoms with E-state index in [-0.39, 0.29) is 0 Å². The van der Waals surface area contributed by atoms with Crippen LogP contribution in [0, 0.1) is 6.92 Å². The molecule has 0 unspecified atom stereocenters. The highest BCUT2D eigenvalue weighted by molar-refractivity contribution is 6.30. The molecule has 0 fully saturated rings. The SMILES string of the molecule is Cc1cccc2c3c(n(CCCOc4ccc(Cl)cc4)c12)CNCC3.O=C(O)C(F)(F)F. The molecule has 0 bridgehead atoms. The van der Waals surface area contributed by atoms with Crippen molar-refractivity contribution < 1.29 is 27.8 Å². The molecule has 1 aliphatic heterocycles. The zero-order valence-electron chi connectivity index (χ0n) is 17.5. The van der Waals surface area contributed by atoms with Crippen LogP contribution in [-0.2, 0) is 24.3 Å². The fourth-order valence-corrected chi connectivity index (χ4v) is 3.93. The first kappa shape index (κ1) is 23.9. The number of aliphatic carboxylic acids is 1. The lowest BCUT2D eigenvalue weighted by atomic mass is 10.0. The number of rotatable bonds is 5. The summed E-state index contributed by atoms with van der Waals surface area (Å²) in [5.41, 5.74) is 5.71. The third-order valence-corrected chi connectivity index (χ3v) is 5.45. The van der Waals surface area contributed by atoms with Gasteiger partial charge in [-0.3, -0.25) is 0 Å². The minimum Gasteiger partial charge on any atom is -0.494 e. The van der Waals surface area contributed by atoms with Gasteiger partial charge in [-0.15, -0.1) is 0 Å². The summed E-state index contributed by atoms with van der Waals surface area (Å²) in [7, 11) is 0. The number of carbonyl (C=O) groups is 1. The molecule has 9 heteroatoms. The molecule has 0 atom stereocenters. The third kappa shape index (κ3) is 5.75. The van der Waals surface area contributed by atoms with Crippen molar-refractivity contribution in [2.45, 2.75) is 39.0 Å². The number of nitrogens with zero attached hydrogens (tertiary/aromatic N) is 1. The Morgan fingerprint density at radius 1 is 1.22 bits per heavy atom. The zero-order chi connectivity index (χ0) is 23.3. The number of benzene rings is 2. The van der Waals surface area contributed by atoms with Crippen LogP contribution in [0.1, 0.15) is 23.2 Å². The normalized spacial score (nSPS) is 13.3. The van der Waals surface area contributed by atoms with Crippen LogP contribution in [0.3, 0.4) is 0 Å². The average molecular weight is 469 g/mol. The summed E-state index contributed by atoms with van der Waals surface area (Å²) in [4.78, 5) is 8.90. The van der Waals surface area contributed by atoms with E-state index in [1.165, 1.54) is 27.7 Å². The van der Waals surface area contributed by atoms with E-state index in [2.05, 4.69) is 35.0 Å². The molecule has 2 heterocycles. The highest BCUT2D eigenvalue weighted by Crippen LogP contribution is 2.31. The van der Waals surface area contributed by atoms with Gasteiger partial charge in [-0.1, -0.05) is 29.8 Å². The number of para-hydroxylation sites is 1. The van der Waals surface area contributed by atoms with E-state index in [0.29, 0.717) is 6.61 Å². The number of hydrogen-bond acceptors (Lipinski definition) is 3. The summed E-state index contributed by atoms with van der Waals surface area (Å²) in [6.45, 7) is 5.92. The minimum atomic E-state index is -5.08.